The Bertz CT molecular complexity index is 1010. The van der Waals surface area contributed by atoms with E-state index < -0.39 is 5.97 Å². The molecule has 3 aromatic rings. The minimum Gasteiger partial charge on any atom is -0.462 e. The van der Waals surface area contributed by atoms with Gasteiger partial charge in [-0.2, -0.15) is 0 Å². The van der Waals surface area contributed by atoms with Gasteiger partial charge < -0.3 is 9.72 Å². The van der Waals surface area contributed by atoms with Crippen LogP contribution in [0.1, 0.15) is 46.0 Å². The second-order valence-electron chi connectivity index (χ2n) is 6.17. The van der Waals surface area contributed by atoms with Gasteiger partial charge in [0, 0.05) is 11.1 Å². The van der Waals surface area contributed by atoms with Gasteiger partial charge in [0.25, 0.3) is 0 Å². The Balaban J connectivity index is 1.88. The highest BCUT2D eigenvalue weighted by atomic mass is 32.2. The molecule has 2 aromatic heterocycles. The molecule has 0 aliphatic carbocycles. The Morgan fingerprint density at radius 2 is 1.96 bits per heavy atom. The molecule has 1 N–H and O–H groups in total. The Kier molecular flexibility index (Phi) is 5.60. The lowest BCUT2D eigenvalue weighted by atomic mass is 10.1. The predicted octanol–water partition coefficient (Wildman–Crippen LogP) is 4.11. The van der Waals surface area contributed by atoms with Gasteiger partial charge in [-0.05, 0) is 39.3 Å². The molecule has 0 aliphatic rings. The third-order valence-corrected chi connectivity index (χ3v) is 5.44. The molecule has 1 aromatic carbocycles. The van der Waals surface area contributed by atoms with Gasteiger partial charge >= 0.3 is 5.97 Å². The normalized spacial score (nSPS) is 12.1. The predicted molar refractivity (Wildman–Crippen MR) is 105 cm³/mol. The number of ketones is 1. The lowest BCUT2D eigenvalue weighted by Gasteiger charge is -2.11. The number of Topliss-reactive ketones (excluding diaryl/α,β-unsaturated/α-hetero) is 1. The highest BCUT2D eigenvalue weighted by molar-refractivity contribution is 8.00. The Morgan fingerprint density at radius 1 is 1.22 bits per heavy atom. The number of para-hydroxylation sites is 1. The number of benzene rings is 1. The van der Waals surface area contributed by atoms with E-state index in [9.17, 15) is 9.59 Å². The van der Waals surface area contributed by atoms with Crippen molar-refractivity contribution in [2.24, 2.45) is 0 Å². The van der Waals surface area contributed by atoms with Crippen LogP contribution in [0.15, 0.2) is 35.6 Å². The zero-order chi connectivity index (χ0) is 19.6. The summed E-state index contributed by atoms with van der Waals surface area (Å²) < 4.78 is 5.09. The second-order valence-corrected chi connectivity index (χ2v) is 7.50. The molecule has 0 unspecified atom stereocenters. The molecular weight excluding hydrogens is 362 g/mol. The fourth-order valence-electron chi connectivity index (χ4n) is 3.00. The van der Waals surface area contributed by atoms with Gasteiger partial charge in [-0.1, -0.05) is 30.0 Å². The molecule has 0 spiro atoms. The molecule has 0 saturated carbocycles. The van der Waals surface area contributed by atoms with Crippen molar-refractivity contribution in [3.8, 4) is 0 Å². The summed E-state index contributed by atoms with van der Waals surface area (Å²) in [5, 5.41) is 1.29. The molecule has 0 amide bonds. The third kappa shape index (κ3) is 3.73. The lowest BCUT2D eigenvalue weighted by Crippen LogP contribution is -2.16. The van der Waals surface area contributed by atoms with E-state index in [0.29, 0.717) is 29.1 Å². The summed E-state index contributed by atoms with van der Waals surface area (Å²) >= 11 is 1.38. The van der Waals surface area contributed by atoms with Crippen molar-refractivity contribution in [1.82, 2.24) is 15.0 Å². The molecule has 0 bridgehead atoms. The smallest absolute Gasteiger partial charge is 0.340 e. The minimum atomic E-state index is -0.412. The maximum Gasteiger partial charge on any atom is 0.340 e. The Morgan fingerprint density at radius 3 is 2.70 bits per heavy atom. The van der Waals surface area contributed by atoms with Crippen LogP contribution in [0.2, 0.25) is 0 Å². The number of ether oxygens (including phenoxy) is 1. The van der Waals surface area contributed by atoms with Crippen molar-refractivity contribution in [3.05, 3.63) is 53.1 Å². The first-order chi connectivity index (χ1) is 12.9. The molecule has 140 valence electrons. The van der Waals surface area contributed by atoms with Crippen LogP contribution in [0, 0.1) is 13.8 Å². The van der Waals surface area contributed by atoms with Crippen molar-refractivity contribution in [3.63, 3.8) is 0 Å². The van der Waals surface area contributed by atoms with Gasteiger partial charge in [0.05, 0.1) is 28.6 Å². The maximum absolute atomic E-state index is 13.0. The van der Waals surface area contributed by atoms with Gasteiger partial charge in [0.2, 0.25) is 0 Å². The summed E-state index contributed by atoms with van der Waals surface area (Å²) in [6, 6.07) is 7.70. The number of nitrogens with one attached hydrogen (secondary N) is 1. The number of aromatic nitrogens is 3. The van der Waals surface area contributed by atoms with Gasteiger partial charge in [0.15, 0.2) is 5.78 Å². The number of esters is 1. The standard InChI is InChI=1S/C20H21N3O3S/c1-5-26-20(25)16-11(2)17(23-12(16)3)18(24)13(4)27-19-14-8-6-7-9-15(14)21-10-22-19/h6-10,13,23H,5H2,1-4H3/t13-/m0/s1. The van der Waals surface area contributed by atoms with E-state index in [1.54, 1.807) is 20.8 Å². The van der Waals surface area contributed by atoms with Crippen LogP contribution in [0.4, 0.5) is 0 Å². The number of fused-ring (bicyclic) bond motifs is 1. The summed E-state index contributed by atoms with van der Waals surface area (Å²) in [7, 11) is 0. The van der Waals surface area contributed by atoms with Crippen LogP contribution in [-0.4, -0.2) is 38.6 Å². The van der Waals surface area contributed by atoms with E-state index in [-0.39, 0.29) is 11.0 Å². The number of carbonyl (C=O) groups excluding carboxylic acids is 2. The molecule has 0 saturated heterocycles. The highest BCUT2D eigenvalue weighted by Crippen LogP contribution is 2.30. The van der Waals surface area contributed by atoms with Crippen molar-refractivity contribution < 1.29 is 14.3 Å². The summed E-state index contributed by atoms with van der Waals surface area (Å²) in [5.74, 6) is -0.497. The van der Waals surface area contributed by atoms with Crippen molar-refractivity contribution >= 4 is 34.4 Å². The molecule has 0 aliphatic heterocycles. The van der Waals surface area contributed by atoms with Crippen LogP contribution < -0.4 is 0 Å². The highest BCUT2D eigenvalue weighted by Gasteiger charge is 2.26. The number of carbonyl (C=O) groups is 2. The van der Waals surface area contributed by atoms with Crippen LogP contribution in [-0.2, 0) is 4.74 Å². The number of rotatable bonds is 6. The number of thioether (sulfide) groups is 1. The first-order valence-electron chi connectivity index (χ1n) is 8.70. The molecule has 1 atom stereocenters. The monoisotopic (exact) mass is 383 g/mol. The molecule has 27 heavy (non-hydrogen) atoms. The average Bonchev–Trinajstić information content (AvgIpc) is 2.95. The molecule has 0 fully saturated rings. The summed E-state index contributed by atoms with van der Waals surface area (Å²) in [6.45, 7) is 7.42. The summed E-state index contributed by atoms with van der Waals surface area (Å²) in [6.07, 6.45) is 1.50. The SMILES string of the molecule is CCOC(=O)c1c(C)[nH]c(C(=O)[C@H](C)Sc2ncnc3ccccc23)c1C. The summed E-state index contributed by atoms with van der Waals surface area (Å²) in [4.78, 5) is 36.8. The van der Waals surface area contributed by atoms with Gasteiger partial charge in [-0.3, -0.25) is 4.79 Å². The molecule has 2 heterocycles. The third-order valence-electron chi connectivity index (χ3n) is 4.33. The van der Waals surface area contributed by atoms with E-state index in [4.69, 9.17) is 4.74 Å². The van der Waals surface area contributed by atoms with Crippen molar-refractivity contribution in [1.29, 1.82) is 0 Å². The Hall–Kier alpha value is -2.67. The average molecular weight is 383 g/mol. The van der Waals surface area contributed by atoms with Crippen LogP contribution in [0.3, 0.4) is 0 Å². The second kappa shape index (κ2) is 7.92. The van der Waals surface area contributed by atoms with Gasteiger partial charge in [-0.25, -0.2) is 14.8 Å². The van der Waals surface area contributed by atoms with Crippen molar-refractivity contribution in [2.45, 2.75) is 38.0 Å². The van der Waals surface area contributed by atoms with Crippen molar-refractivity contribution in [2.75, 3.05) is 6.61 Å². The zero-order valence-electron chi connectivity index (χ0n) is 15.7. The van der Waals surface area contributed by atoms with Crippen LogP contribution in [0.5, 0.6) is 0 Å². The number of H-pyrrole nitrogens is 1. The van der Waals surface area contributed by atoms with Crippen LogP contribution >= 0.6 is 11.8 Å². The molecule has 3 rings (SSSR count). The molecule has 0 radical (unpaired) electrons. The Labute approximate surface area is 161 Å². The fraction of sp³-hybridized carbons (Fsp3) is 0.300. The topological polar surface area (TPSA) is 84.9 Å². The molecule has 7 heteroatoms. The number of aryl methyl sites for hydroxylation is 1. The number of hydrogen-bond acceptors (Lipinski definition) is 6. The van der Waals surface area contributed by atoms with Gasteiger partial charge in [-0.15, -0.1) is 0 Å². The van der Waals surface area contributed by atoms with E-state index in [1.807, 2.05) is 31.2 Å². The van der Waals surface area contributed by atoms with E-state index in [2.05, 4.69) is 15.0 Å². The molecule has 6 nitrogen and oxygen atoms in total. The zero-order valence-corrected chi connectivity index (χ0v) is 16.5. The number of nitrogens with zero attached hydrogens (tertiary/aromatic N) is 2. The quantitative estimate of drug-likeness (QED) is 0.298. The van der Waals surface area contributed by atoms with E-state index in [0.717, 1.165) is 15.9 Å². The largest absolute Gasteiger partial charge is 0.462 e. The first kappa shape index (κ1) is 19.1. The lowest BCUT2D eigenvalue weighted by molar-refractivity contribution is 0.0525. The fourth-order valence-corrected chi connectivity index (χ4v) is 3.97. The van der Waals surface area contributed by atoms with E-state index in [1.165, 1.54) is 18.1 Å². The van der Waals surface area contributed by atoms with Gasteiger partial charge in [0.1, 0.15) is 11.4 Å². The number of hydrogen-bond donors (Lipinski definition) is 1. The molecular formula is C20H21N3O3S. The van der Waals surface area contributed by atoms with E-state index >= 15 is 0 Å². The van der Waals surface area contributed by atoms with Crippen LogP contribution in [0.25, 0.3) is 10.9 Å². The minimum absolute atomic E-state index is 0.0844. The summed E-state index contributed by atoms with van der Waals surface area (Å²) in [5.41, 5.74) is 2.97. The number of aromatic amines is 1. The first-order valence-corrected chi connectivity index (χ1v) is 9.58. The maximum atomic E-state index is 13.0.